The van der Waals surface area contributed by atoms with Crippen molar-refractivity contribution in [2.24, 2.45) is 5.92 Å². The normalized spacial score (nSPS) is 24.5. The number of rotatable bonds is 3. The molecular formula is C14H19NO2. The van der Waals surface area contributed by atoms with Crippen LogP contribution in [-0.4, -0.2) is 11.1 Å². The van der Waals surface area contributed by atoms with E-state index in [2.05, 4.69) is 12.1 Å². The van der Waals surface area contributed by atoms with Gasteiger partial charge in [-0.2, -0.15) is 0 Å². The molecule has 0 radical (unpaired) electrons. The van der Waals surface area contributed by atoms with E-state index in [1.165, 1.54) is 5.56 Å². The molecule has 1 aliphatic carbocycles. The third-order valence-corrected chi connectivity index (χ3v) is 3.72. The molecule has 3 nitrogen and oxygen atoms in total. The fourth-order valence-corrected chi connectivity index (χ4v) is 2.72. The van der Waals surface area contributed by atoms with Crippen LogP contribution in [0.25, 0.3) is 0 Å². The molecule has 0 aliphatic heterocycles. The van der Waals surface area contributed by atoms with Gasteiger partial charge < -0.3 is 10.8 Å². The van der Waals surface area contributed by atoms with E-state index in [9.17, 15) is 4.79 Å². The van der Waals surface area contributed by atoms with Crippen molar-refractivity contribution in [1.82, 2.24) is 0 Å². The Morgan fingerprint density at radius 2 is 1.76 bits per heavy atom. The number of carbonyl (C=O) groups is 1. The SMILES string of the molecule is Nc1ccc(C2CCC(CC(=O)O)CC2)cc1. The number of hydrogen-bond donors (Lipinski definition) is 2. The van der Waals surface area contributed by atoms with Crippen LogP contribution < -0.4 is 5.73 Å². The first-order chi connectivity index (χ1) is 8.15. The van der Waals surface area contributed by atoms with E-state index in [0.717, 1.165) is 31.4 Å². The summed E-state index contributed by atoms with van der Waals surface area (Å²) in [5.74, 6) is 0.291. The monoisotopic (exact) mass is 233 g/mol. The molecule has 1 aromatic rings. The minimum absolute atomic E-state index is 0.328. The Labute approximate surface area is 102 Å². The van der Waals surface area contributed by atoms with Gasteiger partial charge >= 0.3 is 5.97 Å². The van der Waals surface area contributed by atoms with Crippen molar-refractivity contribution < 1.29 is 9.90 Å². The third-order valence-electron chi connectivity index (χ3n) is 3.72. The van der Waals surface area contributed by atoms with Gasteiger partial charge in [-0.15, -0.1) is 0 Å². The van der Waals surface area contributed by atoms with E-state index in [0.29, 0.717) is 18.3 Å². The molecule has 0 heterocycles. The maximum atomic E-state index is 10.6. The maximum Gasteiger partial charge on any atom is 0.303 e. The molecular weight excluding hydrogens is 214 g/mol. The molecule has 1 saturated carbocycles. The maximum absolute atomic E-state index is 10.6. The fraction of sp³-hybridized carbons (Fsp3) is 0.500. The largest absolute Gasteiger partial charge is 0.481 e. The van der Waals surface area contributed by atoms with Crippen molar-refractivity contribution in [3.05, 3.63) is 29.8 Å². The first-order valence-electron chi connectivity index (χ1n) is 6.22. The molecule has 1 aromatic carbocycles. The number of benzene rings is 1. The zero-order valence-corrected chi connectivity index (χ0v) is 9.93. The second kappa shape index (κ2) is 5.21. The Morgan fingerprint density at radius 3 is 2.29 bits per heavy atom. The number of anilines is 1. The van der Waals surface area contributed by atoms with Crippen molar-refractivity contribution in [2.75, 3.05) is 5.73 Å². The summed E-state index contributed by atoms with van der Waals surface area (Å²) >= 11 is 0. The highest BCUT2D eigenvalue weighted by Gasteiger charge is 2.23. The molecule has 1 fully saturated rings. The molecule has 3 heteroatoms. The molecule has 0 amide bonds. The van der Waals surface area contributed by atoms with Crippen molar-refractivity contribution in [3.63, 3.8) is 0 Å². The molecule has 0 unspecified atom stereocenters. The van der Waals surface area contributed by atoms with Gasteiger partial charge in [-0.05, 0) is 55.2 Å². The van der Waals surface area contributed by atoms with Crippen LogP contribution in [0.15, 0.2) is 24.3 Å². The molecule has 0 atom stereocenters. The summed E-state index contributed by atoms with van der Waals surface area (Å²) in [6, 6.07) is 8.08. The number of carboxylic acid groups (broad SMARTS) is 1. The lowest BCUT2D eigenvalue weighted by Crippen LogP contribution is -2.16. The van der Waals surface area contributed by atoms with Crippen LogP contribution in [0.3, 0.4) is 0 Å². The molecule has 2 rings (SSSR count). The minimum Gasteiger partial charge on any atom is -0.481 e. The molecule has 0 saturated heterocycles. The van der Waals surface area contributed by atoms with E-state index in [1.807, 2.05) is 12.1 Å². The quantitative estimate of drug-likeness (QED) is 0.789. The lowest BCUT2D eigenvalue weighted by Gasteiger charge is -2.27. The minimum atomic E-state index is -0.666. The summed E-state index contributed by atoms with van der Waals surface area (Å²) in [7, 11) is 0. The van der Waals surface area contributed by atoms with Gasteiger partial charge in [0.25, 0.3) is 0 Å². The van der Waals surface area contributed by atoms with Gasteiger partial charge in [-0.1, -0.05) is 12.1 Å². The Morgan fingerprint density at radius 1 is 1.18 bits per heavy atom. The van der Waals surface area contributed by atoms with Gasteiger partial charge in [0.05, 0.1) is 0 Å². The molecule has 92 valence electrons. The summed E-state index contributed by atoms with van der Waals surface area (Å²) in [4.78, 5) is 10.6. The van der Waals surface area contributed by atoms with Crippen LogP contribution in [-0.2, 0) is 4.79 Å². The molecule has 17 heavy (non-hydrogen) atoms. The molecule has 0 bridgehead atoms. The van der Waals surface area contributed by atoms with Gasteiger partial charge in [0, 0.05) is 12.1 Å². The van der Waals surface area contributed by atoms with Crippen LogP contribution in [0.1, 0.15) is 43.6 Å². The highest BCUT2D eigenvalue weighted by atomic mass is 16.4. The van der Waals surface area contributed by atoms with Crippen molar-refractivity contribution in [2.45, 2.75) is 38.0 Å². The number of aliphatic carboxylic acids is 1. The topological polar surface area (TPSA) is 63.3 Å². The first kappa shape index (κ1) is 12.0. The lowest BCUT2D eigenvalue weighted by atomic mass is 9.77. The second-order valence-electron chi connectivity index (χ2n) is 4.98. The van der Waals surface area contributed by atoms with E-state index in [4.69, 9.17) is 10.8 Å². The number of nitrogens with two attached hydrogens (primary N) is 1. The van der Waals surface area contributed by atoms with Crippen LogP contribution >= 0.6 is 0 Å². The third kappa shape index (κ3) is 3.22. The summed E-state index contributed by atoms with van der Waals surface area (Å²) in [6.07, 6.45) is 4.58. The summed E-state index contributed by atoms with van der Waals surface area (Å²) in [5.41, 5.74) is 7.81. The van der Waals surface area contributed by atoms with Gasteiger partial charge in [0.1, 0.15) is 0 Å². The highest BCUT2D eigenvalue weighted by molar-refractivity contribution is 5.67. The molecule has 3 N–H and O–H groups in total. The van der Waals surface area contributed by atoms with Crippen molar-refractivity contribution in [1.29, 1.82) is 0 Å². The average molecular weight is 233 g/mol. The standard InChI is InChI=1S/C14H19NO2/c15-13-7-5-12(6-8-13)11-3-1-10(2-4-11)9-14(16)17/h5-8,10-11H,1-4,9,15H2,(H,16,17). The number of nitrogen functional groups attached to an aromatic ring is 1. The van der Waals surface area contributed by atoms with Gasteiger partial charge in [0.15, 0.2) is 0 Å². The number of hydrogen-bond acceptors (Lipinski definition) is 2. The Balaban J connectivity index is 1.90. The predicted octanol–water partition coefficient (Wildman–Crippen LogP) is 3.02. The van der Waals surface area contributed by atoms with Crippen molar-refractivity contribution in [3.8, 4) is 0 Å². The van der Waals surface area contributed by atoms with E-state index >= 15 is 0 Å². The first-order valence-corrected chi connectivity index (χ1v) is 6.22. The van der Waals surface area contributed by atoms with E-state index < -0.39 is 5.97 Å². The predicted molar refractivity (Wildman–Crippen MR) is 67.8 cm³/mol. The molecule has 1 aliphatic rings. The molecule has 0 spiro atoms. The van der Waals surface area contributed by atoms with Crippen LogP contribution in [0.5, 0.6) is 0 Å². The van der Waals surface area contributed by atoms with Crippen LogP contribution in [0.2, 0.25) is 0 Å². The zero-order chi connectivity index (χ0) is 12.3. The summed E-state index contributed by atoms with van der Waals surface area (Å²) in [5, 5.41) is 8.77. The Kier molecular flexibility index (Phi) is 3.67. The zero-order valence-electron chi connectivity index (χ0n) is 9.93. The average Bonchev–Trinajstić information content (AvgIpc) is 2.30. The Hall–Kier alpha value is -1.51. The number of carboxylic acids is 1. The smallest absolute Gasteiger partial charge is 0.303 e. The van der Waals surface area contributed by atoms with Crippen LogP contribution in [0, 0.1) is 5.92 Å². The second-order valence-corrected chi connectivity index (χ2v) is 4.98. The molecule has 0 aromatic heterocycles. The summed E-state index contributed by atoms with van der Waals surface area (Å²) < 4.78 is 0. The van der Waals surface area contributed by atoms with Crippen molar-refractivity contribution >= 4 is 11.7 Å². The lowest BCUT2D eigenvalue weighted by molar-refractivity contribution is -0.138. The van der Waals surface area contributed by atoms with Gasteiger partial charge in [0.2, 0.25) is 0 Å². The Bertz CT molecular complexity index is 378. The van der Waals surface area contributed by atoms with Crippen LogP contribution in [0.4, 0.5) is 5.69 Å². The van der Waals surface area contributed by atoms with Gasteiger partial charge in [-0.25, -0.2) is 0 Å². The highest BCUT2D eigenvalue weighted by Crippen LogP contribution is 2.37. The fourth-order valence-electron chi connectivity index (χ4n) is 2.72. The summed E-state index contributed by atoms with van der Waals surface area (Å²) in [6.45, 7) is 0. The van der Waals surface area contributed by atoms with Gasteiger partial charge in [-0.3, -0.25) is 4.79 Å². The van der Waals surface area contributed by atoms with E-state index in [-0.39, 0.29) is 0 Å². The van der Waals surface area contributed by atoms with E-state index in [1.54, 1.807) is 0 Å².